The molecule has 0 spiro atoms. The molecule has 0 amide bonds. The molecule has 5 heteroatoms. The van der Waals surface area contributed by atoms with E-state index in [-0.39, 0.29) is 6.04 Å². The third-order valence-electron chi connectivity index (χ3n) is 3.97. The summed E-state index contributed by atoms with van der Waals surface area (Å²) in [6, 6.07) is 5.24. The molecule has 2 fully saturated rings. The van der Waals surface area contributed by atoms with Gasteiger partial charge in [-0.05, 0) is 18.9 Å². The molecule has 110 valence electrons. The molecule has 1 aliphatic heterocycles. The van der Waals surface area contributed by atoms with E-state index in [1.807, 2.05) is 0 Å². The average molecular weight is 282 g/mol. The lowest BCUT2D eigenvalue weighted by molar-refractivity contribution is -0.0115. The van der Waals surface area contributed by atoms with Gasteiger partial charge in [0.1, 0.15) is 0 Å². The summed E-state index contributed by atoms with van der Waals surface area (Å²) in [7, 11) is 0. The lowest BCUT2D eigenvalue weighted by Crippen LogP contribution is -2.50. The Morgan fingerprint density at radius 3 is 2.95 bits per heavy atom. The van der Waals surface area contributed by atoms with E-state index in [0.29, 0.717) is 31.4 Å². The van der Waals surface area contributed by atoms with Gasteiger partial charge in [-0.1, -0.05) is 12.1 Å². The predicted octanol–water partition coefficient (Wildman–Crippen LogP) is 1.92. The Morgan fingerprint density at radius 1 is 1.30 bits per heavy atom. The first kappa shape index (κ1) is 13.9. The molecule has 1 aromatic carbocycles. The predicted molar refractivity (Wildman–Crippen MR) is 72.4 cm³/mol. The number of nitrogens with one attached hydrogen (secondary N) is 1. The zero-order chi connectivity index (χ0) is 13.9. The molecular formula is C15H20F2N2O. The van der Waals surface area contributed by atoms with Gasteiger partial charge in [-0.2, -0.15) is 0 Å². The number of rotatable bonds is 5. The molecular weight excluding hydrogens is 262 g/mol. The second kappa shape index (κ2) is 6.16. The maximum Gasteiger partial charge on any atom is 0.163 e. The second-order valence-corrected chi connectivity index (χ2v) is 5.59. The zero-order valence-corrected chi connectivity index (χ0v) is 11.4. The van der Waals surface area contributed by atoms with E-state index < -0.39 is 11.6 Å². The van der Waals surface area contributed by atoms with Crippen LogP contribution in [0.2, 0.25) is 0 Å². The maximum absolute atomic E-state index is 13.8. The van der Waals surface area contributed by atoms with Gasteiger partial charge >= 0.3 is 0 Å². The summed E-state index contributed by atoms with van der Waals surface area (Å²) >= 11 is 0. The highest BCUT2D eigenvalue weighted by molar-refractivity contribution is 5.19. The summed E-state index contributed by atoms with van der Waals surface area (Å²) in [5.41, 5.74) is 0.420. The topological polar surface area (TPSA) is 24.5 Å². The number of hydrogen-bond acceptors (Lipinski definition) is 3. The first-order chi connectivity index (χ1) is 9.74. The maximum atomic E-state index is 13.8. The van der Waals surface area contributed by atoms with Crippen LogP contribution in [0.15, 0.2) is 18.2 Å². The number of halogens is 2. The Balaban J connectivity index is 1.64. The molecule has 1 unspecified atom stereocenters. The van der Waals surface area contributed by atoms with Gasteiger partial charge in [0, 0.05) is 37.3 Å². The van der Waals surface area contributed by atoms with Crippen molar-refractivity contribution < 1.29 is 13.5 Å². The largest absolute Gasteiger partial charge is 0.378 e. The minimum absolute atomic E-state index is 0.229. The highest BCUT2D eigenvalue weighted by atomic mass is 19.2. The Hall–Kier alpha value is -1.04. The van der Waals surface area contributed by atoms with Gasteiger partial charge in [0.05, 0.1) is 13.2 Å². The molecule has 2 aliphatic rings. The van der Waals surface area contributed by atoms with Crippen molar-refractivity contribution in [2.45, 2.75) is 31.5 Å². The van der Waals surface area contributed by atoms with E-state index in [2.05, 4.69) is 10.2 Å². The molecule has 0 radical (unpaired) electrons. The summed E-state index contributed by atoms with van der Waals surface area (Å²) in [6.07, 6.45) is 2.48. The van der Waals surface area contributed by atoms with Crippen molar-refractivity contribution in [1.29, 1.82) is 0 Å². The second-order valence-electron chi connectivity index (χ2n) is 5.59. The lowest BCUT2D eigenvalue weighted by Gasteiger charge is -2.35. The molecule has 0 aromatic heterocycles. The quantitative estimate of drug-likeness (QED) is 0.893. The molecule has 1 N–H and O–H groups in total. The van der Waals surface area contributed by atoms with Crippen molar-refractivity contribution in [3.63, 3.8) is 0 Å². The monoisotopic (exact) mass is 282 g/mol. The molecule has 3 nitrogen and oxygen atoms in total. The van der Waals surface area contributed by atoms with Crippen LogP contribution in [0.3, 0.4) is 0 Å². The Bertz CT molecular complexity index is 465. The summed E-state index contributed by atoms with van der Waals surface area (Å²) in [6.45, 7) is 3.34. The van der Waals surface area contributed by atoms with Gasteiger partial charge in [0.2, 0.25) is 0 Å². The van der Waals surface area contributed by atoms with E-state index in [1.165, 1.54) is 12.8 Å². The minimum atomic E-state index is -0.775. The Morgan fingerprint density at radius 2 is 2.15 bits per heavy atom. The smallest absolute Gasteiger partial charge is 0.163 e. The molecule has 1 saturated carbocycles. The van der Waals surface area contributed by atoms with Crippen LogP contribution in [0.1, 0.15) is 18.4 Å². The normalized spacial score (nSPS) is 24.0. The van der Waals surface area contributed by atoms with Gasteiger partial charge in [-0.15, -0.1) is 0 Å². The number of hydrogen-bond donors (Lipinski definition) is 1. The van der Waals surface area contributed by atoms with E-state index >= 15 is 0 Å². The summed E-state index contributed by atoms with van der Waals surface area (Å²) < 4.78 is 32.5. The molecule has 1 atom stereocenters. The van der Waals surface area contributed by atoms with E-state index in [1.54, 1.807) is 12.1 Å². The van der Waals surface area contributed by atoms with Crippen molar-refractivity contribution in [3.8, 4) is 0 Å². The molecule has 20 heavy (non-hydrogen) atoms. The number of benzene rings is 1. The number of nitrogens with zero attached hydrogens (tertiary/aromatic N) is 1. The van der Waals surface area contributed by atoms with Gasteiger partial charge in [0.15, 0.2) is 11.6 Å². The number of ether oxygens (including phenoxy) is 1. The highest BCUT2D eigenvalue weighted by Crippen LogP contribution is 2.20. The van der Waals surface area contributed by atoms with Crippen LogP contribution in [-0.4, -0.2) is 43.3 Å². The SMILES string of the molecule is Fc1cccc(CN2CCOCC2CNC2CC2)c1F. The van der Waals surface area contributed by atoms with Crippen molar-refractivity contribution >= 4 is 0 Å². The average Bonchev–Trinajstić information content (AvgIpc) is 3.27. The van der Waals surface area contributed by atoms with Crippen molar-refractivity contribution in [1.82, 2.24) is 10.2 Å². The van der Waals surface area contributed by atoms with Crippen LogP contribution in [-0.2, 0) is 11.3 Å². The van der Waals surface area contributed by atoms with Crippen LogP contribution in [0.5, 0.6) is 0 Å². The third-order valence-corrected chi connectivity index (χ3v) is 3.97. The molecule has 1 aromatic rings. The summed E-state index contributed by atoms with van der Waals surface area (Å²) in [4.78, 5) is 2.18. The van der Waals surface area contributed by atoms with Crippen LogP contribution < -0.4 is 5.32 Å². The van der Waals surface area contributed by atoms with Crippen molar-refractivity contribution in [2.75, 3.05) is 26.3 Å². The standard InChI is InChI=1S/C15H20F2N2O/c16-14-3-1-2-11(15(14)17)9-19-6-7-20-10-13(19)8-18-12-4-5-12/h1-3,12-13,18H,4-10H2. The molecule has 3 rings (SSSR count). The first-order valence-corrected chi connectivity index (χ1v) is 7.22. The molecule has 1 heterocycles. The summed E-state index contributed by atoms with van der Waals surface area (Å²) in [5.74, 6) is -1.50. The van der Waals surface area contributed by atoms with Gasteiger partial charge < -0.3 is 10.1 Å². The van der Waals surface area contributed by atoms with Crippen LogP contribution in [0.4, 0.5) is 8.78 Å². The van der Waals surface area contributed by atoms with Gasteiger partial charge in [-0.25, -0.2) is 8.78 Å². The molecule has 1 aliphatic carbocycles. The van der Waals surface area contributed by atoms with Crippen molar-refractivity contribution in [2.24, 2.45) is 0 Å². The molecule has 1 saturated heterocycles. The molecule has 0 bridgehead atoms. The number of morpholine rings is 1. The van der Waals surface area contributed by atoms with Gasteiger partial charge in [0.25, 0.3) is 0 Å². The fraction of sp³-hybridized carbons (Fsp3) is 0.600. The van der Waals surface area contributed by atoms with E-state index in [9.17, 15) is 8.78 Å². The third kappa shape index (κ3) is 3.34. The Labute approximate surface area is 117 Å². The fourth-order valence-electron chi connectivity index (χ4n) is 2.56. The van der Waals surface area contributed by atoms with Crippen LogP contribution >= 0.6 is 0 Å². The highest BCUT2D eigenvalue weighted by Gasteiger charge is 2.27. The lowest BCUT2D eigenvalue weighted by atomic mass is 10.1. The van der Waals surface area contributed by atoms with Crippen molar-refractivity contribution in [3.05, 3.63) is 35.4 Å². The Kier molecular flexibility index (Phi) is 4.29. The fourth-order valence-corrected chi connectivity index (χ4v) is 2.56. The summed E-state index contributed by atoms with van der Waals surface area (Å²) in [5, 5.41) is 3.48. The van der Waals surface area contributed by atoms with Crippen LogP contribution in [0.25, 0.3) is 0 Å². The first-order valence-electron chi connectivity index (χ1n) is 7.22. The van der Waals surface area contributed by atoms with Crippen LogP contribution in [0, 0.1) is 11.6 Å². The van der Waals surface area contributed by atoms with E-state index in [0.717, 1.165) is 19.2 Å². The van der Waals surface area contributed by atoms with E-state index in [4.69, 9.17) is 4.74 Å². The zero-order valence-electron chi connectivity index (χ0n) is 11.4. The minimum Gasteiger partial charge on any atom is -0.378 e. The van der Waals surface area contributed by atoms with Gasteiger partial charge in [-0.3, -0.25) is 4.90 Å².